The molecular formula is C20H17N3O4. The summed E-state index contributed by atoms with van der Waals surface area (Å²) < 4.78 is 6.26. The van der Waals surface area contributed by atoms with Crippen molar-refractivity contribution in [1.29, 1.82) is 0 Å². The summed E-state index contributed by atoms with van der Waals surface area (Å²) in [6, 6.07) is 19.3. The highest BCUT2D eigenvalue weighted by molar-refractivity contribution is 6.03. The maximum Gasteiger partial charge on any atom is 0.350 e. The summed E-state index contributed by atoms with van der Waals surface area (Å²) in [4.78, 5) is 39.8. The second-order valence-electron chi connectivity index (χ2n) is 5.69. The fraction of sp³-hybridized carbons (Fsp3) is 0.100. The van der Waals surface area contributed by atoms with Gasteiger partial charge in [0, 0.05) is 11.8 Å². The number of rotatable bonds is 6. The first-order chi connectivity index (χ1) is 13.1. The number of nitrogens with one attached hydrogen (secondary N) is 1. The lowest BCUT2D eigenvalue weighted by molar-refractivity contribution is -0.145. The van der Waals surface area contributed by atoms with Crippen molar-refractivity contribution in [2.75, 3.05) is 5.32 Å². The molecular weight excluding hydrogens is 346 g/mol. The first-order valence-corrected chi connectivity index (χ1v) is 8.25. The molecule has 136 valence electrons. The summed E-state index contributed by atoms with van der Waals surface area (Å²) in [6.45, 7) is -0.126. The van der Waals surface area contributed by atoms with Gasteiger partial charge in [-0.1, -0.05) is 48.5 Å². The van der Waals surface area contributed by atoms with Crippen LogP contribution in [0.5, 0.6) is 0 Å². The van der Waals surface area contributed by atoms with Crippen LogP contribution in [-0.4, -0.2) is 21.4 Å². The van der Waals surface area contributed by atoms with Crippen LogP contribution in [0, 0.1) is 0 Å². The monoisotopic (exact) mass is 363 g/mol. The molecule has 0 spiro atoms. The lowest BCUT2D eigenvalue weighted by atomic mass is 10.2. The van der Waals surface area contributed by atoms with Gasteiger partial charge in [-0.3, -0.25) is 14.2 Å². The van der Waals surface area contributed by atoms with Gasteiger partial charge in [-0.25, -0.2) is 4.79 Å². The number of anilines is 1. The number of hydrogen-bond acceptors (Lipinski definition) is 5. The van der Waals surface area contributed by atoms with Crippen LogP contribution in [0.2, 0.25) is 0 Å². The van der Waals surface area contributed by atoms with Gasteiger partial charge in [0.1, 0.15) is 19.0 Å². The lowest BCUT2D eigenvalue weighted by Crippen LogP contribution is -2.28. The van der Waals surface area contributed by atoms with E-state index in [4.69, 9.17) is 4.74 Å². The highest BCUT2D eigenvalue weighted by Gasteiger charge is 2.10. The van der Waals surface area contributed by atoms with Crippen molar-refractivity contribution in [1.82, 2.24) is 9.55 Å². The van der Waals surface area contributed by atoms with E-state index in [2.05, 4.69) is 10.3 Å². The number of ether oxygens (including phenoxy) is 1. The van der Waals surface area contributed by atoms with E-state index in [9.17, 15) is 14.4 Å². The zero-order valence-electron chi connectivity index (χ0n) is 14.4. The fourth-order valence-corrected chi connectivity index (χ4v) is 2.32. The average Bonchev–Trinajstić information content (AvgIpc) is 2.70. The van der Waals surface area contributed by atoms with Crippen LogP contribution < -0.4 is 11.0 Å². The van der Waals surface area contributed by atoms with Gasteiger partial charge in [0.25, 0.3) is 5.91 Å². The van der Waals surface area contributed by atoms with Crippen molar-refractivity contribution in [3.8, 4) is 0 Å². The fourth-order valence-electron chi connectivity index (χ4n) is 2.32. The maximum atomic E-state index is 12.1. The van der Waals surface area contributed by atoms with Gasteiger partial charge in [0.05, 0.1) is 0 Å². The van der Waals surface area contributed by atoms with E-state index in [0.717, 1.165) is 10.1 Å². The van der Waals surface area contributed by atoms with Gasteiger partial charge in [-0.2, -0.15) is 4.98 Å². The van der Waals surface area contributed by atoms with E-state index < -0.39 is 11.7 Å². The Morgan fingerprint density at radius 3 is 2.30 bits per heavy atom. The van der Waals surface area contributed by atoms with Gasteiger partial charge in [0.2, 0.25) is 0 Å². The molecule has 7 heteroatoms. The molecule has 0 fully saturated rings. The molecule has 27 heavy (non-hydrogen) atoms. The highest BCUT2D eigenvalue weighted by atomic mass is 16.5. The zero-order valence-corrected chi connectivity index (χ0v) is 14.4. The second kappa shape index (κ2) is 8.57. The Morgan fingerprint density at radius 2 is 1.63 bits per heavy atom. The Balaban J connectivity index is 1.58. The SMILES string of the molecule is O=C(Cn1ccc(NC(=O)c2ccccc2)nc1=O)OCc1ccccc1. The lowest BCUT2D eigenvalue weighted by Gasteiger charge is -2.08. The molecule has 3 rings (SSSR count). The summed E-state index contributed by atoms with van der Waals surface area (Å²) in [7, 11) is 0. The van der Waals surface area contributed by atoms with E-state index in [1.807, 2.05) is 30.3 Å². The van der Waals surface area contributed by atoms with Crippen molar-refractivity contribution >= 4 is 17.7 Å². The molecule has 0 saturated carbocycles. The van der Waals surface area contributed by atoms with Crippen molar-refractivity contribution in [2.45, 2.75) is 13.2 Å². The summed E-state index contributed by atoms with van der Waals surface area (Å²) in [5, 5.41) is 2.55. The molecule has 1 heterocycles. The number of hydrogen-bond donors (Lipinski definition) is 1. The topological polar surface area (TPSA) is 90.3 Å². The molecule has 1 N–H and O–H groups in total. The Bertz CT molecular complexity index is 985. The molecule has 0 aliphatic heterocycles. The molecule has 0 atom stereocenters. The van der Waals surface area contributed by atoms with Crippen molar-refractivity contribution < 1.29 is 14.3 Å². The molecule has 0 aliphatic carbocycles. The molecule has 0 saturated heterocycles. The highest BCUT2D eigenvalue weighted by Crippen LogP contribution is 2.05. The Kier molecular flexibility index (Phi) is 5.73. The third-order valence-electron chi connectivity index (χ3n) is 3.69. The first kappa shape index (κ1) is 18.1. The minimum Gasteiger partial charge on any atom is -0.459 e. The maximum absolute atomic E-state index is 12.1. The third-order valence-corrected chi connectivity index (χ3v) is 3.69. The quantitative estimate of drug-likeness (QED) is 0.678. The summed E-state index contributed by atoms with van der Waals surface area (Å²) >= 11 is 0. The van der Waals surface area contributed by atoms with Crippen LogP contribution in [0.1, 0.15) is 15.9 Å². The zero-order chi connectivity index (χ0) is 19.1. The Labute approximate surface area is 155 Å². The van der Waals surface area contributed by atoms with Crippen molar-refractivity contribution in [3.63, 3.8) is 0 Å². The van der Waals surface area contributed by atoms with Gasteiger partial charge in [-0.15, -0.1) is 0 Å². The molecule has 2 aromatic carbocycles. The van der Waals surface area contributed by atoms with E-state index in [0.29, 0.717) is 5.56 Å². The number of aromatic nitrogens is 2. The number of carbonyl (C=O) groups is 2. The van der Waals surface area contributed by atoms with Crippen LogP contribution in [0.15, 0.2) is 77.7 Å². The van der Waals surface area contributed by atoms with Crippen LogP contribution in [-0.2, 0) is 22.7 Å². The molecule has 1 amide bonds. The number of amides is 1. The molecule has 0 bridgehead atoms. The predicted molar refractivity (Wildman–Crippen MR) is 99.1 cm³/mol. The van der Waals surface area contributed by atoms with E-state index in [-0.39, 0.29) is 24.9 Å². The Morgan fingerprint density at radius 1 is 0.963 bits per heavy atom. The van der Waals surface area contributed by atoms with E-state index in [1.54, 1.807) is 30.3 Å². The van der Waals surface area contributed by atoms with E-state index in [1.165, 1.54) is 12.3 Å². The summed E-state index contributed by atoms with van der Waals surface area (Å²) in [5.41, 5.74) is 0.654. The van der Waals surface area contributed by atoms with Gasteiger partial charge in [0.15, 0.2) is 0 Å². The molecule has 0 radical (unpaired) electrons. The summed E-state index contributed by atoms with van der Waals surface area (Å²) in [6.07, 6.45) is 1.39. The second-order valence-corrected chi connectivity index (χ2v) is 5.69. The number of benzene rings is 2. The van der Waals surface area contributed by atoms with E-state index >= 15 is 0 Å². The smallest absolute Gasteiger partial charge is 0.350 e. The first-order valence-electron chi connectivity index (χ1n) is 8.25. The Hall–Kier alpha value is -3.74. The molecule has 1 aromatic heterocycles. The molecule has 0 aliphatic rings. The normalized spacial score (nSPS) is 10.2. The standard InChI is InChI=1S/C20H17N3O4/c24-18(27-14-15-7-3-1-4-8-15)13-23-12-11-17(22-20(23)26)21-19(25)16-9-5-2-6-10-16/h1-12H,13-14H2,(H,21,22,25,26). The van der Waals surface area contributed by atoms with Gasteiger partial charge in [-0.05, 0) is 23.8 Å². The molecule has 0 unspecified atom stereocenters. The van der Waals surface area contributed by atoms with Crippen LogP contribution in [0.25, 0.3) is 0 Å². The minimum atomic E-state index is -0.655. The molecule has 7 nitrogen and oxygen atoms in total. The largest absolute Gasteiger partial charge is 0.459 e. The molecule has 3 aromatic rings. The van der Waals surface area contributed by atoms with Crippen LogP contribution in [0.3, 0.4) is 0 Å². The number of carbonyl (C=O) groups excluding carboxylic acids is 2. The average molecular weight is 363 g/mol. The van der Waals surface area contributed by atoms with Crippen LogP contribution in [0.4, 0.5) is 5.82 Å². The van der Waals surface area contributed by atoms with Crippen LogP contribution >= 0.6 is 0 Å². The van der Waals surface area contributed by atoms with Crippen molar-refractivity contribution in [3.05, 3.63) is 94.5 Å². The number of nitrogens with zero attached hydrogens (tertiary/aromatic N) is 2. The van der Waals surface area contributed by atoms with Gasteiger partial charge >= 0.3 is 11.7 Å². The number of esters is 1. The summed E-state index contributed by atoms with van der Waals surface area (Å²) in [5.74, 6) is -0.811. The van der Waals surface area contributed by atoms with Crippen molar-refractivity contribution in [2.24, 2.45) is 0 Å². The predicted octanol–water partition coefficient (Wildman–Crippen LogP) is 2.24. The minimum absolute atomic E-state index is 0.114. The third kappa shape index (κ3) is 5.12. The van der Waals surface area contributed by atoms with Gasteiger partial charge < -0.3 is 10.1 Å².